The Balaban J connectivity index is 1.87. The van der Waals surface area contributed by atoms with Gasteiger partial charge in [0.1, 0.15) is 0 Å². The molecule has 0 spiro atoms. The molecule has 0 unspecified atom stereocenters. The minimum absolute atomic E-state index is 0.0191. The van der Waals surface area contributed by atoms with Crippen LogP contribution in [0.5, 0.6) is 0 Å². The number of hydrogen-bond acceptors (Lipinski definition) is 4. The van der Waals surface area contributed by atoms with Gasteiger partial charge in [-0.05, 0) is 55.7 Å². The molecule has 3 rings (SSSR count). The topological polar surface area (TPSA) is 95.6 Å². The molecule has 7 nitrogen and oxygen atoms in total. The molecule has 0 saturated carbocycles. The second kappa shape index (κ2) is 8.02. The Hall–Kier alpha value is -2.87. The summed E-state index contributed by atoms with van der Waals surface area (Å²) in [7, 11) is -3.89. The maximum atomic E-state index is 12.8. The first kappa shape index (κ1) is 19.9. The number of likely N-dealkylation sites (tertiary alicyclic amines) is 1. The SMILES string of the molecule is CC(=O)Nc1cccc(NS(=O)(=O)c2ccc(C)c(C(=O)N3CCCC3)c2)c1. The highest BCUT2D eigenvalue weighted by Crippen LogP contribution is 2.23. The number of nitrogens with one attached hydrogen (secondary N) is 2. The second-order valence-electron chi connectivity index (χ2n) is 6.84. The molecule has 0 aromatic heterocycles. The lowest BCUT2D eigenvalue weighted by atomic mass is 10.1. The molecule has 1 saturated heterocycles. The van der Waals surface area contributed by atoms with Crippen molar-refractivity contribution in [2.45, 2.75) is 31.6 Å². The quantitative estimate of drug-likeness (QED) is 0.805. The molecular formula is C20H23N3O4S. The molecule has 1 heterocycles. The van der Waals surface area contributed by atoms with E-state index in [1.807, 2.05) is 0 Å². The lowest BCUT2D eigenvalue weighted by Crippen LogP contribution is -2.28. The minimum Gasteiger partial charge on any atom is -0.339 e. The van der Waals surface area contributed by atoms with Crippen molar-refractivity contribution in [3.05, 3.63) is 53.6 Å². The highest BCUT2D eigenvalue weighted by molar-refractivity contribution is 7.92. The highest BCUT2D eigenvalue weighted by Gasteiger charge is 2.23. The van der Waals surface area contributed by atoms with Crippen LogP contribution in [0.2, 0.25) is 0 Å². The average Bonchev–Trinajstić information content (AvgIpc) is 3.15. The molecule has 2 aromatic rings. The molecule has 8 heteroatoms. The van der Waals surface area contributed by atoms with E-state index in [4.69, 9.17) is 0 Å². The van der Waals surface area contributed by atoms with Crippen LogP contribution in [0.3, 0.4) is 0 Å². The summed E-state index contributed by atoms with van der Waals surface area (Å²) in [5.41, 5.74) is 1.95. The molecule has 2 aromatic carbocycles. The molecule has 1 fully saturated rings. The Labute approximate surface area is 164 Å². The van der Waals surface area contributed by atoms with Crippen LogP contribution in [0.4, 0.5) is 11.4 Å². The van der Waals surface area contributed by atoms with Crippen molar-refractivity contribution in [3.8, 4) is 0 Å². The smallest absolute Gasteiger partial charge is 0.261 e. The predicted octanol–water partition coefficient (Wildman–Crippen LogP) is 2.99. The summed E-state index contributed by atoms with van der Waals surface area (Å²) >= 11 is 0. The third-order valence-corrected chi connectivity index (χ3v) is 5.96. The Kier molecular flexibility index (Phi) is 5.69. The molecule has 0 atom stereocenters. The van der Waals surface area contributed by atoms with Crippen molar-refractivity contribution in [1.82, 2.24) is 4.90 Å². The fraction of sp³-hybridized carbons (Fsp3) is 0.300. The molecule has 28 heavy (non-hydrogen) atoms. The van der Waals surface area contributed by atoms with E-state index in [0.717, 1.165) is 18.4 Å². The van der Waals surface area contributed by atoms with E-state index in [1.54, 1.807) is 36.1 Å². The number of aryl methyl sites for hydroxylation is 1. The van der Waals surface area contributed by atoms with Crippen molar-refractivity contribution in [1.29, 1.82) is 0 Å². The van der Waals surface area contributed by atoms with Gasteiger partial charge in [-0.1, -0.05) is 12.1 Å². The molecule has 0 bridgehead atoms. The van der Waals surface area contributed by atoms with E-state index in [0.29, 0.717) is 30.0 Å². The van der Waals surface area contributed by atoms with Gasteiger partial charge in [0.25, 0.3) is 15.9 Å². The zero-order chi connectivity index (χ0) is 20.3. The molecular weight excluding hydrogens is 378 g/mol. The van der Waals surface area contributed by atoms with Crippen LogP contribution in [0.1, 0.15) is 35.7 Å². The summed E-state index contributed by atoms with van der Waals surface area (Å²) in [6.45, 7) is 4.57. The fourth-order valence-electron chi connectivity index (χ4n) is 3.17. The number of hydrogen-bond donors (Lipinski definition) is 2. The van der Waals surface area contributed by atoms with E-state index in [-0.39, 0.29) is 16.7 Å². The van der Waals surface area contributed by atoms with Gasteiger partial charge in [-0.15, -0.1) is 0 Å². The maximum Gasteiger partial charge on any atom is 0.261 e. The van der Waals surface area contributed by atoms with Crippen LogP contribution in [0.25, 0.3) is 0 Å². The summed E-state index contributed by atoms with van der Waals surface area (Å²) in [6.07, 6.45) is 1.93. The van der Waals surface area contributed by atoms with Gasteiger partial charge in [-0.2, -0.15) is 0 Å². The summed E-state index contributed by atoms with van der Waals surface area (Å²) < 4.78 is 28.1. The normalized spacial score (nSPS) is 14.0. The highest BCUT2D eigenvalue weighted by atomic mass is 32.2. The van der Waals surface area contributed by atoms with Crippen LogP contribution in [0.15, 0.2) is 47.4 Å². The van der Waals surface area contributed by atoms with E-state index < -0.39 is 10.0 Å². The Morgan fingerprint density at radius 3 is 2.36 bits per heavy atom. The predicted molar refractivity (Wildman–Crippen MR) is 108 cm³/mol. The van der Waals surface area contributed by atoms with Gasteiger partial charge in [0.05, 0.1) is 10.6 Å². The third kappa shape index (κ3) is 4.51. The van der Waals surface area contributed by atoms with E-state index in [2.05, 4.69) is 10.0 Å². The standard InChI is InChI=1S/C20H23N3O4S/c1-14-8-9-18(13-19(14)20(25)23-10-3-4-11-23)28(26,27)22-17-7-5-6-16(12-17)21-15(2)24/h5-9,12-13,22H,3-4,10-11H2,1-2H3,(H,21,24). The van der Waals surface area contributed by atoms with E-state index in [1.165, 1.54) is 25.1 Å². The monoisotopic (exact) mass is 401 g/mol. The number of anilines is 2. The van der Waals surface area contributed by atoms with Gasteiger partial charge < -0.3 is 10.2 Å². The first-order valence-corrected chi connectivity index (χ1v) is 10.5. The largest absolute Gasteiger partial charge is 0.339 e. The number of rotatable bonds is 5. The van der Waals surface area contributed by atoms with Gasteiger partial charge in [0.2, 0.25) is 5.91 Å². The van der Waals surface area contributed by atoms with Gasteiger partial charge in [-0.25, -0.2) is 8.42 Å². The first-order chi connectivity index (χ1) is 13.3. The molecule has 0 aliphatic carbocycles. The van der Waals surface area contributed by atoms with Crippen molar-refractivity contribution in [3.63, 3.8) is 0 Å². The van der Waals surface area contributed by atoms with Crippen molar-refractivity contribution < 1.29 is 18.0 Å². The number of benzene rings is 2. The average molecular weight is 401 g/mol. The zero-order valence-corrected chi connectivity index (χ0v) is 16.7. The number of carbonyl (C=O) groups excluding carboxylic acids is 2. The van der Waals surface area contributed by atoms with Gasteiger partial charge in [0.15, 0.2) is 0 Å². The summed E-state index contributed by atoms with van der Waals surface area (Å²) in [5, 5.41) is 2.61. The minimum atomic E-state index is -3.89. The number of nitrogens with zero attached hydrogens (tertiary/aromatic N) is 1. The number of carbonyl (C=O) groups is 2. The van der Waals surface area contributed by atoms with E-state index >= 15 is 0 Å². The van der Waals surface area contributed by atoms with Gasteiger partial charge in [0, 0.05) is 31.3 Å². The van der Waals surface area contributed by atoms with Crippen molar-refractivity contribution in [2.24, 2.45) is 0 Å². The summed E-state index contributed by atoms with van der Waals surface area (Å²) in [4.78, 5) is 25.7. The van der Waals surface area contributed by atoms with Crippen LogP contribution in [-0.4, -0.2) is 38.2 Å². The Bertz CT molecular complexity index is 1010. The van der Waals surface area contributed by atoms with Gasteiger partial charge in [-0.3, -0.25) is 14.3 Å². The van der Waals surface area contributed by atoms with Crippen molar-refractivity contribution in [2.75, 3.05) is 23.1 Å². The molecule has 2 amide bonds. The second-order valence-corrected chi connectivity index (χ2v) is 8.53. The Morgan fingerprint density at radius 1 is 1.00 bits per heavy atom. The molecule has 1 aliphatic heterocycles. The molecule has 0 radical (unpaired) electrons. The van der Waals surface area contributed by atoms with Crippen LogP contribution >= 0.6 is 0 Å². The number of sulfonamides is 1. The first-order valence-electron chi connectivity index (χ1n) is 9.07. The molecule has 1 aliphatic rings. The fourth-order valence-corrected chi connectivity index (χ4v) is 4.24. The van der Waals surface area contributed by atoms with Crippen molar-refractivity contribution >= 4 is 33.2 Å². The van der Waals surface area contributed by atoms with Crippen LogP contribution < -0.4 is 10.0 Å². The third-order valence-electron chi connectivity index (χ3n) is 4.58. The maximum absolute atomic E-state index is 12.8. The van der Waals surface area contributed by atoms with Crippen LogP contribution in [-0.2, 0) is 14.8 Å². The van der Waals surface area contributed by atoms with Crippen LogP contribution in [0, 0.1) is 6.92 Å². The zero-order valence-electron chi connectivity index (χ0n) is 15.9. The Morgan fingerprint density at radius 2 is 1.68 bits per heavy atom. The summed E-state index contributed by atoms with van der Waals surface area (Å²) in [5.74, 6) is -0.386. The molecule has 2 N–H and O–H groups in total. The van der Waals surface area contributed by atoms with E-state index in [9.17, 15) is 18.0 Å². The lowest BCUT2D eigenvalue weighted by Gasteiger charge is -2.17. The molecule has 148 valence electrons. The lowest BCUT2D eigenvalue weighted by molar-refractivity contribution is -0.114. The van der Waals surface area contributed by atoms with Gasteiger partial charge >= 0.3 is 0 Å². The summed E-state index contributed by atoms with van der Waals surface area (Å²) in [6, 6.07) is 11.0. The number of amides is 2.